The van der Waals surface area contributed by atoms with Crippen molar-refractivity contribution in [2.24, 2.45) is 5.41 Å². The fraction of sp³-hybridized carbons (Fsp3) is 0.600. The van der Waals surface area contributed by atoms with E-state index >= 15 is 0 Å². The summed E-state index contributed by atoms with van der Waals surface area (Å²) in [5.74, 6) is 1.65. The van der Waals surface area contributed by atoms with Crippen LogP contribution in [0.15, 0.2) is 22.7 Å². The largest absolute Gasteiger partial charge is 0.493 e. The van der Waals surface area contributed by atoms with Gasteiger partial charge < -0.3 is 9.47 Å². The van der Waals surface area contributed by atoms with E-state index in [1.54, 1.807) is 7.11 Å². The first-order valence-electron chi connectivity index (χ1n) is 6.80. The molecule has 2 nitrogen and oxygen atoms in total. The molecule has 0 N–H and O–H groups in total. The van der Waals surface area contributed by atoms with Gasteiger partial charge in [0.25, 0.3) is 0 Å². The molecule has 4 heteroatoms. The standard InChI is InChI=1S/C15H18Br2O2/c1-18-11-6-4-5-10(16)14(11)19-13-9-12(17)15(13)7-2-3-8-15/h4-6,12-13H,2-3,7-9H2,1H3. The van der Waals surface area contributed by atoms with E-state index in [1.807, 2.05) is 18.2 Å². The van der Waals surface area contributed by atoms with Gasteiger partial charge in [0.15, 0.2) is 11.5 Å². The number of hydrogen-bond acceptors (Lipinski definition) is 2. The molecule has 0 aliphatic heterocycles. The predicted octanol–water partition coefficient (Wildman–Crippen LogP) is 4.93. The lowest BCUT2D eigenvalue weighted by Crippen LogP contribution is -2.55. The minimum atomic E-state index is 0.312. The van der Waals surface area contributed by atoms with Gasteiger partial charge in [-0.3, -0.25) is 0 Å². The first kappa shape index (κ1) is 13.7. The van der Waals surface area contributed by atoms with Crippen LogP contribution in [-0.4, -0.2) is 18.0 Å². The molecule has 0 bridgehead atoms. The average Bonchev–Trinajstić information content (AvgIpc) is 2.92. The molecule has 2 atom stereocenters. The summed E-state index contributed by atoms with van der Waals surface area (Å²) in [5, 5.41) is 0. The van der Waals surface area contributed by atoms with Crippen LogP contribution in [0.3, 0.4) is 0 Å². The fourth-order valence-corrected chi connectivity index (χ4v) is 4.97. The molecule has 104 valence electrons. The summed E-state index contributed by atoms with van der Waals surface area (Å²) in [6, 6.07) is 5.92. The zero-order chi connectivity index (χ0) is 13.5. The highest BCUT2D eigenvalue weighted by molar-refractivity contribution is 9.10. The Labute approximate surface area is 131 Å². The lowest BCUT2D eigenvalue weighted by molar-refractivity contribution is -0.0320. The van der Waals surface area contributed by atoms with Gasteiger partial charge in [0.2, 0.25) is 0 Å². The van der Waals surface area contributed by atoms with Crippen molar-refractivity contribution in [3.8, 4) is 11.5 Å². The molecule has 0 heterocycles. The normalized spacial score (nSPS) is 28.2. The zero-order valence-electron chi connectivity index (χ0n) is 11.0. The molecule has 0 radical (unpaired) electrons. The summed E-state index contributed by atoms with van der Waals surface area (Å²) in [6.45, 7) is 0. The number of benzene rings is 1. The van der Waals surface area contributed by atoms with Crippen LogP contribution in [-0.2, 0) is 0 Å². The molecule has 1 spiro atoms. The quantitative estimate of drug-likeness (QED) is 0.682. The third kappa shape index (κ3) is 2.21. The van der Waals surface area contributed by atoms with E-state index in [1.165, 1.54) is 25.7 Å². The van der Waals surface area contributed by atoms with Crippen LogP contribution in [0.1, 0.15) is 32.1 Å². The first-order chi connectivity index (χ1) is 9.17. The van der Waals surface area contributed by atoms with E-state index in [2.05, 4.69) is 31.9 Å². The van der Waals surface area contributed by atoms with Gasteiger partial charge in [-0.15, -0.1) is 0 Å². The molecule has 2 unspecified atom stereocenters. The fourth-order valence-electron chi connectivity index (χ4n) is 3.44. The maximum Gasteiger partial charge on any atom is 0.175 e. The highest BCUT2D eigenvalue weighted by atomic mass is 79.9. The molecule has 1 aromatic carbocycles. The van der Waals surface area contributed by atoms with Gasteiger partial charge in [0.1, 0.15) is 6.10 Å². The number of alkyl halides is 1. The lowest BCUT2D eigenvalue weighted by Gasteiger charge is -2.51. The molecule has 2 saturated carbocycles. The molecule has 0 aromatic heterocycles. The maximum absolute atomic E-state index is 6.31. The Morgan fingerprint density at radius 2 is 2.00 bits per heavy atom. The summed E-state index contributed by atoms with van der Waals surface area (Å²) in [7, 11) is 1.69. The Bertz CT molecular complexity index is 469. The third-order valence-corrected chi connectivity index (χ3v) is 6.54. The number of para-hydroxylation sites is 1. The first-order valence-corrected chi connectivity index (χ1v) is 8.51. The third-order valence-electron chi connectivity index (χ3n) is 4.63. The summed E-state index contributed by atoms with van der Waals surface area (Å²) in [5.41, 5.74) is 0.348. The van der Waals surface area contributed by atoms with Crippen LogP contribution in [0.2, 0.25) is 0 Å². The zero-order valence-corrected chi connectivity index (χ0v) is 14.2. The summed E-state index contributed by atoms with van der Waals surface area (Å²) < 4.78 is 12.7. The maximum atomic E-state index is 6.31. The van der Waals surface area contributed by atoms with Gasteiger partial charge in [-0.2, -0.15) is 0 Å². The summed E-state index contributed by atoms with van der Waals surface area (Å²) in [4.78, 5) is 0.612. The second-order valence-electron chi connectivity index (χ2n) is 5.52. The van der Waals surface area contributed by atoms with E-state index in [4.69, 9.17) is 9.47 Å². The molecule has 1 aromatic rings. The average molecular weight is 390 g/mol. The molecular formula is C15H18Br2O2. The Kier molecular flexibility index (Phi) is 3.82. The summed E-state index contributed by atoms with van der Waals surface area (Å²) >= 11 is 7.39. The van der Waals surface area contributed by atoms with Crippen LogP contribution in [0.4, 0.5) is 0 Å². The van der Waals surface area contributed by atoms with Crippen LogP contribution in [0, 0.1) is 5.41 Å². The molecule has 2 fully saturated rings. The molecule has 19 heavy (non-hydrogen) atoms. The molecule has 3 rings (SSSR count). The Balaban J connectivity index is 1.83. The minimum Gasteiger partial charge on any atom is -0.493 e. The van der Waals surface area contributed by atoms with Crippen molar-refractivity contribution >= 4 is 31.9 Å². The second-order valence-corrected chi connectivity index (χ2v) is 7.48. The Hall–Kier alpha value is -0.220. The van der Waals surface area contributed by atoms with Crippen molar-refractivity contribution in [1.29, 1.82) is 0 Å². The van der Waals surface area contributed by atoms with Crippen LogP contribution in [0.5, 0.6) is 11.5 Å². The molecular weight excluding hydrogens is 372 g/mol. The molecule has 2 aliphatic rings. The van der Waals surface area contributed by atoms with E-state index in [0.29, 0.717) is 16.3 Å². The van der Waals surface area contributed by atoms with Crippen molar-refractivity contribution in [1.82, 2.24) is 0 Å². The van der Waals surface area contributed by atoms with E-state index in [9.17, 15) is 0 Å². The SMILES string of the molecule is COc1cccc(Br)c1OC1CC(Br)C12CCCC2. The highest BCUT2D eigenvalue weighted by Crippen LogP contribution is 2.58. The number of hydrogen-bond donors (Lipinski definition) is 0. The van der Waals surface area contributed by atoms with E-state index in [0.717, 1.165) is 22.4 Å². The van der Waals surface area contributed by atoms with Gasteiger partial charge in [-0.1, -0.05) is 34.8 Å². The van der Waals surface area contributed by atoms with E-state index in [-0.39, 0.29) is 0 Å². The van der Waals surface area contributed by atoms with Gasteiger partial charge in [0, 0.05) is 10.2 Å². The van der Waals surface area contributed by atoms with E-state index < -0.39 is 0 Å². The van der Waals surface area contributed by atoms with Gasteiger partial charge in [0.05, 0.1) is 11.6 Å². The van der Waals surface area contributed by atoms with Gasteiger partial charge in [-0.25, -0.2) is 0 Å². The molecule has 2 aliphatic carbocycles. The van der Waals surface area contributed by atoms with Crippen LogP contribution >= 0.6 is 31.9 Å². The number of rotatable bonds is 3. The van der Waals surface area contributed by atoms with Crippen molar-refractivity contribution in [3.05, 3.63) is 22.7 Å². The van der Waals surface area contributed by atoms with Crippen molar-refractivity contribution in [3.63, 3.8) is 0 Å². The topological polar surface area (TPSA) is 18.5 Å². The smallest absolute Gasteiger partial charge is 0.175 e. The second kappa shape index (κ2) is 5.28. The van der Waals surface area contributed by atoms with Gasteiger partial charge in [-0.05, 0) is 47.3 Å². The van der Waals surface area contributed by atoms with Crippen molar-refractivity contribution < 1.29 is 9.47 Å². The predicted molar refractivity (Wildman–Crippen MR) is 83.3 cm³/mol. The monoisotopic (exact) mass is 388 g/mol. The van der Waals surface area contributed by atoms with Crippen molar-refractivity contribution in [2.75, 3.05) is 7.11 Å². The Morgan fingerprint density at radius 1 is 1.26 bits per heavy atom. The van der Waals surface area contributed by atoms with Crippen LogP contribution < -0.4 is 9.47 Å². The van der Waals surface area contributed by atoms with Gasteiger partial charge >= 0.3 is 0 Å². The number of methoxy groups -OCH3 is 1. The highest BCUT2D eigenvalue weighted by Gasteiger charge is 2.56. The molecule has 0 amide bonds. The summed E-state index contributed by atoms with van der Waals surface area (Å²) in [6.07, 6.45) is 6.61. The minimum absolute atomic E-state index is 0.312. The molecule has 0 saturated heterocycles. The van der Waals surface area contributed by atoms with Crippen molar-refractivity contribution in [2.45, 2.75) is 43.0 Å². The lowest BCUT2D eigenvalue weighted by atomic mass is 9.64. The Morgan fingerprint density at radius 3 is 2.63 bits per heavy atom. The number of halogens is 2. The number of ether oxygens (including phenoxy) is 2. The van der Waals surface area contributed by atoms with Crippen LogP contribution in [0.25, 0.3) is 0 Å².